The molecule has 8 nitrogen and oxygen atoms in total. The fourth-order valence-electron chi connectivity index (χ4n) is 2.12. The third kappa shape index (κ3) is 5.22. The summed E-state index contributed by atoms with van der Waals surface area (Å²) in [4.78, 5) is 33.9. The van der Waals surface area contributed by atoms with Crippen LogP contribution in [0.15, 0.2) is 24.3 Å². The van der Waals surface area contributed by atoms with Crippen molar-refractivity contribution in [1.82, 2.24) is 5.32 Å². The number of carbonyl (C=O) groups is 2. The van der Waals surface area contributed by atoms with E-state index in [9.17, 15) is 24.8 Å². The maximum absolute atomic E-state index is 12.0. The number of rotatable bonds is 6. The predicted molar refractivity (Wildman–Crippen MR) is 86.8 cm³/mol. The van der Waals surface area contributed by atoms with Gasteiger partial charge in [-0.25, -0.2) is 9.59 Å². The molecule has 1 atom stereocenters. The van der Waals surface area contributed by atoms with Gasteiger partial charge in [-0.3, -0.25) is 10.1 Å². The van der Waals surface area contributed by atoms with E-state index >= 15 is 0 Å². The van der Waals surface area contributed by atoms with Gasteiger partial charge in [0, 0.05) is 18.6 Å². The van der Waals surface area contributed by atoms with Gasteiger partial charge in [-0.05, 0) is 32.8 Å². The van der Waals surface area contributed by atoms with Gasteiger partial charge in [0.15, 0.2) is 0 Å². The summed E-state index contributed by atoms with van der Waals surface area (Å²) in [6.07, 6.45) is -0.720. The number of nitro groups is 1. The van der Waals surface area contributed by atoms with Crippen molar-refractivity contribution in [3.8, 4) is 0 Å². The summed E-state index contributed by atoms with van der Waals surface area (Å²) in [6.45, 7) is 6.67. The quantitative estimate of drug-likeness (QED) is 0.608. The molecular weight excluding hydrogens is 316 g/mol. The standard InChI is InChI=1S/C16H22N2O6/c1-5-16(13(19)20,17-14(21)24-15(2,3)4)10-11-6-8-12(9-7-11)18(22)23/h6-9H,5,10H2,1-4H3,(H,17,21)(H,19,20). The number of aliphatic carboxylic acids is 1. The van der Waals surface area contributed by atoms with Gasteiger partial charge in [-0.2, -0.15) is 0 Å². The zero-order valence-electron chi connectivity index (χ0n) is 14.2. The number of nitro benzene ring substituents is 1. The van der Waals surface area contributed by atoms with Crippen LogP contribution in [-0.4, -0.2) is 33.2 Å². The van der Waals surface area contributed by atoms with Crippen molar-refractivity contribution in [3.63, 3.8) is 0 Å². The van der Waals surface area contributed by atoms with Crippen LogP contribution < -0.4 is 5.32 Å². The Morgan fingerprint density at radius 3 is 2.17 bits per heavy atom. The topological polar surface area (TPSA) is 119 Å². The average molecular weight is 338 g/mol. The lowest BCUT2D eigenvalue weighted by molar-refractivity contribution is -0.384. The number of benzene rings is 1. The molecule has 0 aliphatic heterocycles. The molecule has 0 aliphatic carbocycles. The van der Waals surface area contributed by atoms with Gasteiger partial charge in [0.2, 0.25) is 0 Å². The normalized spacial score (nSPS) is 13.7. The summed E-state index contributed by atoms with van der Waals surface area (Å²) in [5.74, 6) is -1.20. The molecule has 24 heavy (non-hydrogen) atoms. The van der Waals surface area contributed by atoms with Crippen LogP contribution in [0.1, 0.15) is 39.7 Å². The molecule has 1 aromatic rings. The van der Waals surface area contributed by atoms with Crippen LogP contribution in [0.2, 0.25) is 0 Å². The highest BCUT2D eigenvalue weighted by molar-refractivity contribution is 5.84. The Morgan fingerprint density at radius 2 is 1.79 bits per heavy atom. The number of hydrogen-bond donors (Lipinski definition) is 2. The number of alkyl carbamates (subject to hydrolysis) is 1. The molecule has 1 amide bonds. The van der Waals surface area contributed by atoms with E-state index in [0.717, 1.165) is 0 Å². The van der Waals surface area contributed by atoms with Crippen molar-refractivity contribution in [1.29, 1.82) is 0 Å². The van der Waals surface area contributed by atoms with E-state index in [2.05, 4.69) is 5.32 Å². The lowest BCUT2D eigenvalue weighted by Crippen LogP contribution is -2.56. The molecule has 1 aromatic carbocycles. The largest absolute Gasteiger partial charge is 0.479 e. The van der Waals surface area contributed by atoms with Gasteiger partial charge in [0.05, 0.1) is 4.92 Å². The number of carbonyl (C=O) groups excluding carboxylic acids is 1. The van der Waals surface area contributed by atoms with Crippen LogP contribution >= 0.6 is 0 Å². The first-order valence-corrected chi connectivity index (χ1v) is 7.47. The molecular formula is C16H22N2O6. The number of non-ortho nitro benzene ring substituents is 1. The first kappa shape index (κ1) is 19.4. The van der Waals surface area contributed by atoms with E-state index in [1.807, 2.05) is 0 Å². The highest BCUT2D eigenvalue weighted by Gasteiger charge is 2.39. The molecule has 1 rings (SSSR count). The van der Waals surface area contributed by atoms with Crippen LogP contribution in [0.25, 0.3) is 0 Å². The molecule has 132 valence electrons. The first-order chi connectivity index (χ1) is 11.0. The number of carboxylic acid groups (broad SMARTS) is 1. The van der Waals surface area contributed by atoms with Crippen LogP contribution in [-0.2, 0) is 16.0 Å². The van der Waals surface area contributed by atoms with Gasteiger partial charge in [0.25, 0.3) is 5.69 Å². The predicted octanol–water partition coefficient (Wildman–Crippen LogP) is 2.90. The highest BCUT2D eigenvalue weighted by Crippen LogP contribution is 2.21. The van der Waals surface area contributed by atoms with E-state index in [1.165, 1.54) is 24.3 Å². The summed E-state index contributed by atoms with van der Waals surface area (Å²) in [6, 6.07) is 5.54. The Bertz CT molecular complexity index is 620. The lowest BCUT2D eigenvalue weighted by atomic mass is 9.88. The van der Waals surface area contributed by atoms with Crippen molar-refractivity contribution >= 4 is 17.7 Å². The van der Waals surface area contributed by atoms with Gasteiger partial charge in [-0.1, -0.05) is 19.1 Å². The van der Waals surface area contributed by atoms with E-state index in [1.54, 1.807) is 27.7 Å². The van der Waals surface area contributed by atoms with Crippen LogP contribution in [0.3, 0.4) is 0 Å². The number of carboxylic acids is 1. The Kier molecular flexibility index (Phi) is 5.89. The van der Waals surface area contributed by atoms with Gasteiger partial charge >= 0.3 is 12.1 Å². The molecule has 0 radical (unpaired) electrons. The number of nitrogens with one attached hydrogen (secondary N) is 1. The molecule has 0 aromatic heterocycles. The van der Waals surface area contributed by atoms with Gasteiger partial charge in [0.1, 0.15) is 11.1 Å². The molecule has 0 fully saturated rings. The lowest BCUT2D eigenvalue weighted by Gasteiger charge is -2.31. The second-order valence-electron chi connectivity index (χ2n) is 6.47. The molecule has 0 saturated carbocycles. The molecule has 0 saturated heterocycles. The zero-order valence-corrected chi connectivity index (χ0v) is 14.2. The molecule has 0 aliphatic rings. The molecule has 2 N–H and O–H groups in total. The number of hydrogen-bond acceptors (Lipinski definition) is 5. The summed E-state index contributed by atoms with van der Waals surface area (Å²) >= 11 is 0. The van der Waals surface area contributed by atoms with Crippen molar-refractivity contribution in [2.75, 3.05) is 0 Å². The maximum Gasteiger partial charge on any atom is 0.408 e. The van der Waals surface area contributed by atoms with Crippen molar-refractivity contribution in [3.05, 3.63) is 39.9 Å². The van der Waals surface area contributed by atoms with E-state index in [4.69, 9.17) is 4.74 Å². The SMILES string of the molecule is CCC(Cc1ccc([N+](=O)[O-])cc1)(NC(=O)OC(C)(C)C)C(=O)O. The third-order valence-corrected chi connectivity index (χ3v) is 3.41. The van der Waals surface area contributed by atoms with Crippen LogP contribution in [0, 0.1) is 10.1 Å². The summed E-state index contributed by atoms with van der Waals surface area (Å²) in [5.41, 5.74) is -1.84. The van der Waals surface area contributed by atoms with E-state index < -0.39 is 28.1 Å². The Morgan fingerprint density at radius 1 is 1.25 bits per heavy atom. The van der Waals surface area contributed by atoms with E-state index in [0.29, 0.717) is 5.56 Å². The fourth-order valence-corrected chi connectivity index (χ4v) is 2.12. The van der Waals surface area contributed by atoms with Crippen molar-refractivity contribution < 1.29 is 24.4 Å². The third-order valence-electron chi connectivity index (χ3n) is 3.41. The highest BCUT2D eigenvalue weighted by atomic mass is 16.6. The number of amides is 1. The second kappa shape index (κ2) is 7.29. The fraction of sp³-hybridized carbons (Fsp3) is 0.500. The number of ether oxygens (including phenoxy) is 1. The van der Waals surface area contributed by atoms with E-state index in [-0.39, 0.29) is 18.5 Å². The Labute approximate surface area is 140 Å². The Hall–Kier alpha value is -2.64. The first-order valence-electron chi connectivity index (χ1n) is 7.47. The monoisotopic (exact) mass is 338 g/mol. The van der Waals surface area contributed by atoms with Crippen molar-refractivity contribution in [2.45, 2.75) is 51.7 Å². The van der Waals surface area contributed by atoms with Crippen LogP contribution in [0.5, 0.6) is 0 Å². The summed E-state index contributed by atoms with van der Waals surface area (Å²) in [7, 11) is 0. The van der Waals surface area contributed by atoms with Gasteiger partial charge in [-0.15, -0.1) is 0 Å². The minimum absolute atomic E-state index is 0.0178. The summed E-state index contributed by atoms with van der Waals surface area (Å²) in [5, 5.41) is 22.7. The minimum atomic E-state index is -1.56. The molecule has 0 spiro atoms. The van der Waals surface area contributed by atoms with Gasteiger partial charge < -0.3 is 15.2 Å². The average Bonchev–Trinajstić information content (AvgIpc) is 2.44. The zero-order chi connectivity index (χ0) is 18.5. The Balaban J connectivity index is 3.01. The maximum atomic E-state index is 12.0. The smallest absolute Gasteiger partial charge is 0.408 e. The minimum Gasteiger partial charge on any atom is -0.479 e. The summed E-state index contributed by atoms with van der Waals surface area (Å²) < 4.78 is 5.13. The second-order valence-corrected chi connectivity index (χ2v) is 6.47. The molecule has 0 heterocycles. The van der Waals surface area contributed by atoms with Crippen molar-refractivity contribution in [2.24, 2.45) is 0 Å². The molecule has 8 heteroatoms. The number of nitrogens with zero attached hydrogens (tertiary/aromatic N) is 1. The molecule has 1 unspecified atom stereocenters. The molecule has 0 bridgehead atoms. The van der Waals surface area contributed by atoms with Crippen LogP contribution in [0.4, 0.5) is 10.5 Å².